The molecule has 2 aliphatic carbocycles. The maximum absolute atomic E-state index is 13.3. The highest BCUT2D eigenvalue weighted by molar-refractivity contribution is 5.80. The minimum Gasteiger partial charge on any atom is -0.462 e. The first-order chi connectivity index (χ1) is 13.6. The Hall–Kier alpha value is -2.09. The Labute approximate surface area is 169 Å². The van der Waals surface area contributed by atoms with E-state index >= 15 is 0 Å². The molecule has 2 aromatic carbocycles. The third-order valence-corrected chi connectivity index (χ3v) is 6.89. The Bertz CT molecular complexity index is 737. The number of benzene rings is 2. The van der Waals surface area contributed by atoms with Crippen molar-refractivity contribution in [1.82, 2.24) is 0 Å². The molecule has 0 bridgehead atoms. The number of hydrogen-bond donors (Lipinski definition) is 0. The maximum Gasteiger partial charge on any atom is 0.310 e. The van der Waals surface area contributed by atoms with Crippen molar-refractivity contribution in [3.63, 3.8) is 0 Å². The van der Waals surface area contributed by atoms with E-state index in [4.69, 9.17) is 4.74 Å². The average molecular weight is 377 g/mol. The quantitative estimate of drug-likeness (QED) is 0.582. The zero-order valence-electron chi connectivity index (χ0n) is 17.3. The van der Waals surface area contributed by atoms with E-state index in [-0.39, 0.29) is 29.8 Å². The number of rotatable bonds is 5. The van der Waals surface area contributed by atoms with Crippen molar-refractivity contribution in [3.05, 3.63) is 71.8 Å². The second-order valence-corrected chi connectivity index (χ2v) is 9.20. The summed E-state index contributed by atoms with van der Waals surface area (Å²) < 4.78 is 6.22. The van der Waals surface area contributed by atoms with Gasteiger partial charge in [0.25, 0.3) is 0 Å². The molecule has 6 atom stereocenters. The van der Waals surface area contributed by atoms with Crippen molar-refractivity contribution in [2.45, 2.75) is 58.0 Å². The lowest BCUT2D eigenvalue weighted by Crippen LogP contribution is -2.36. The van der Waals surface area contributed by atoms with Crippen LogP contribution in [0.4, 0.5) is 0 Å². The largest absolute Gasteiger partial charge is 0.462 e. The van der Waals surface area contributed by atoms with Crippen LogP contribution in [0.15, 0.2) is 60.7 Å². The predicted molar refractivity (Wildman–Crippen MR) is 113 cm³/mol. The minimum absolute atomic E-state index is 0.00690. The topological polar surface area (TPSA) is 26.3 Å². The smallest absolute Gasteiger partial charge is 0.310 e. The van der Waals surface area contributed by atoms with Crippen LogP contribution in [0.5, 0.6) is 0 Å². The number of carbonyl (C=O) groups is 1. The fourth-order valence-electron chi connectivity index (χ4n) is 5.26. The second-order valence-electron chi connectivity index (χ2n) is 9.20. The lowest BCUT2D eigenvalue weighted by atomic mass is 9.75. The molecular formula is C26H32O2. The van der Waals surface area contributed by atoms with Gasteiger partial charge in [0.05, 0.1) is 5.92 Å². The van der Waals surface area contributed by atoms with E-state index in [1.165, 1.54) is 24.0 Å². The van der Waals surface area contributed by atoms with Gasteiger partial charge in [-0.15, -0.1) is 0 Å². The van der Waals surface area contributed by atoms with Crippen LogP contribution in [-0.4, -0.2) is 12.1 Å². The van der Waals surface area contributed by atoms with Crippen LogP contribution < -0.4 is 0 Å². The van der Waals surface area contributed by atoms with Gasteiger partial charge in [-0.3, -0.25) is 4.79 Å². The molecule has 0 N–H and O–H groups in total. The van der Waals surface area contributed by atoms with Crippen molar-refractivity contribution in [2.24, 2.45) is 23.7 Å². The number of carbonyl (C=O) groups excluding carboxylic acids is 1. The van der Waals surface area contributed by atoms with Crippen molar-refractivity contribution in [3.8, 4) is 0 Å². The SMILES string of the molecule is CC(C)[C@H]1CC[C@@H](C)C[C@@H]1OC(=O)C1[C@@H](c2ccccc2)[C@H]1c1ccccc1. The van der Waals surface area contributed by atoms with Gasteiger partial charge in [0.2, 0.25) is 0 Å². The Kier molecular flexibility index (Phi) is 5.57. The molecule has 2 aliphatic rings. The summed E-state index contributed by atoms with van der Waals surface area (Å²) >= 11 is 0. The third kappa shape index (κ3) is 3.87. The minimum atomic E-state index is -0.0603. The van der Waals surface area contributed by atoms with Crippen molar-refractivity contribution in [1.29, 1.82) is 0 Å². The van der Waals surface area contributed by atoms with Gasteiger partial charge >= 0.3 is 5.97 Å². The van der Waals surface area contributed by atoms with Crippen LogP contribution in [0.1, 0.15) is 63.0 Å². The van der Waals surface area contributed by atoms with Crippen LogP contribution in [0, 0.1) is 23.7 Å². The molecule has 0 radical (unpaired) electrons. The van der Waals surface area contributed by atoms with Crippen molar-refractivity contribution in [2.75, 3.05) is 0 Å². The molecule has 4 rings (SSSR count). The van der Waals surface area contributed by atoms with Crippen LogP contribution >= 0.6 is 0 Å². The van der Waals surface area contributed by atoms with E-state index in [1.54, 1.807) is 0 Å². The van der Waals surface area contributed by atoms with E-state index in [0.29, 0.717) is 17.8 Å². The van der Waals surface area contributed by atoms with Crippen LogP contribution in [0.25, 0.3) is 0 Å². The summed E-state index contributed by atoms with van der Waals surface area (Å²) in [7, 11) is 0. The zero-order valence-corrected chi connectivity index (χ0v) is 17.3. The summed E-state index contributed by atoms with van der Waals surface area (Å²) in [5, 5.41) is 0. The first-order valence-corrected chi connectivity index (χ1v) is 10.9. The number of ether oxygens (including phenoxy) is 1. The Balaban J connectivity index is 1.54. The number of esters is 1. The molecule has 2 heteroatoms. The summed E-state index contributed by atoms with van der Waals surface area (Å²) in [6, 6.07) is 20.9. The van der Waals surface area contributed by atoms with Gasteiger partial charge in [-0.2, -0.15) is 0 Å². The molecule has 0 amide bonds. The Morgan fingerprint density at radius 3 is 1.93 bits per heavy atom. The summed E-state index contributed by atoms with van der Waals surface area (Å²) in [4.78, 5) is 13.3. The van der Waals surface area contributed by atoms with Crippen molar-refractivity contribution < 1.29 is 9.53 Å². The third-order valence-electron chi connectivity index (χ3n) is 6.89. The molecule has 2 aromatic rings. The molecule has 2 nitrogen and oxygen atoms in total. The summed E-state index contributed by atoms with van der Waals surface area (Å²) in [6.45, 7) is 6.81. The lowest BCUT2D eigenvalue weighted by molar-refractivity contribution is -0.157. The molecule has 1 unspecified atom stereocenters. The van der Waals surface area contributed by atoms with Crippen LogP contribution in [-0.2, 0) is 9.53 Å². The summed E-state index contributed by atoms with van der Waals surface area (Å²) in [5.41, 5.74) is 2.49. The lowest BCUT2D eigenvalue weighted by Gasteiger charge is -2.36. The molecule has 0 aromatic heterocycles. The first-order valence-electron chi connectivity index (χ1n) is 10.9. The fraction of sp³-hybridized carbons (Fsp3) is 0.500. The van der Waals surface area contributed by atoms with Gasteiger partial charge in [0, 0.05) is 11.8 Å². The van der Waals surface area contributed by atoms with E-state index in [9.17, 15) is 4.79 Å². The molecule has 2 saturated carbocycles. The monoisotopic (exact) mass is 376 g/mol. The van der Waals surface area contributed by atoms with Gasteiger partial charge in [-0.05, 0) is 41.7 Å². The standard InChI is InChI=1S/C26H32O2/c1-17(2)21-15-14-18(3)16-22(21)28-26(27)25-23(19-10-6-4-7-11-19)24(25)20-12-8-5-9-13-20/h4-13,17-18,21-25H,14-16H2,1-3H3/t18-,21-,22+,23-,24+,25?/m1/s1. The zero-order chi connectivity index (χ0) is 19.7. The molecule has 28 heavy (non-hydrogen) atoms. The molecular weight excluding hydrogens is 344 g/mol. The van der Waals surface area contributed by atoms with E-state index in [2.05, 4.69) is 69.3 Å². The fourth-order valence-corrected chi connectivity index (χ4v) is 5.26. The molecule has 0 saturated heterocycles. The number of hydrogen-bond acceptors (Lipinski definition) is 2. The summed E-state index contributed by atoms with van der Waals surface area (Å²) in [6.07, 6.45) is 3.50. The second kappa shape index (κ2) is 8.11. The predicted octanol–water partition coefficient (Wildman–Crippen LogP) is 6.19. The molecule has 148 valence electrons. The van der Waals surface area contributed by atoms with Gasteiger partial charge < -0.3 is 4.74 Å². The van der Waals surface area contributed by atoms with Gasteiger partial charge in [0.1, 0.15) is 6.10 Å². The van der Waals surface area contributed by atoms with Crippen LogP contribution in [0.2, 0.25) is 0 Å². The molecule has 0 heterocycles. The first kappa shape index (κ1) is 19.2. The summed E-state index contributed by atoms with van der Waals surface area (Å²) in [5.74, 6) is 2.09. The van der Waals surface area contributed by atoms with E-state index < -0.39 is 0 Å². The molecule has 0 aliphatic heterocycles. The van der Waals surface area contributed by atoms with Gasteiger partial charge in [-0.1, -0.05) is 87.9 Å². The van der Waals surface area contributed by atoms with Gasteiger partial charge in [0.15, 0.2) is 0 Å². The van der Waals surface area contributed by atoms with Crippen molar-refractivity contribution >= 4 is 5.97 Å². The highest BCUT2D eigenvalue weighted by Crippen LogP contribution is 2.61. The Morgan fingerprint density at radius 1 is 0.893 bits per heavy atom. The van der Waals surface area contributed by atoms with E-state index in [0.717, 1.165) is 6.42 Å². The van der Waals surface area contributed by atoms with Gasteiger partial charge in [-0.25, -0.2) is 0 Å². The maximum atomic E-state index is 13.3. The van der Waals surface area contributed by atoms with E-state index in [1.807, 2.05) is 12.1 Å². The highest BCUT2D eigenvalue weighted by Gasteiger charge is 2.57. The normalized spacial score (nSPS) is 32.1. The molecule has 2 fully saturated rings. The van der Waals surface area contributed by atoms with Crippen LogP contribution in [0.3, 0.4) is 0 Å². The highest BCUT2D eigenvalue weighted by atomic mass is 16.5. The molecule has 0 spiro atoms. The average Bonchev–Trinajstić information content (AvgIpc) is 3.45. The Morgan fingerprint density at radius 2 is 1.43 bits per heavy atom.